The standard InChI is InChI=1S/C16H15N3O6/c1-9(2)24-16(21)10-3-5-12(6-4-10)25-15-13(14(17)20)7-11(8-18-15)19(22)23/h3-9H,1-2H3,(H2,17,20). The van der Waals surface area contributed by atoms with E-state index in [0.29, 0.717) is 5.56 Å². The van der Waals surface area contributed by atoms with Gasteiger partial charge in [-0.1, -0.05) is 0 Å². The summed E-state index contributed by atoms with van der Waals surface area (Å²) in [7, 11) is 0. The van der Waals surface area contributed by atoms with Crippen molar-refractivity contribution in [1.29, 1.82) is 0 Å². The van der Waals surface area contributed by atoms with E-state index in [9.17, 15) is 19.7 Å². The second kappa shape index (κ2) is 7.39. The van der Waals surface area contributed by atoms with Gasteiger partial charge in [-0.3, -0.25) is 14.9 Å². The number of esters is 1. The molecule has 2 aromatic rings. The van der Waals surface area contributed by atoms with Gasteiger partial charge in [0.15, 0.2) is 0 Å². The lowest BCUT2D eigenvalue weighted by Crippen LogP contribution is -2.13. The lowest BCUT2D eigenvalue weighted by molar-refractivity contribution is -0.385. The first-order valence-corrected chi connectivity index (χ1v) is 7.21. The topological polar surface area (TPSA) is 135 Å². The number of nitro groups is 1. The van der Waals surface area contributed by atoms with Crippen molar-refractivity contribution in [2.24, 2.45) is 5.73 Å². The molecular weight excluding hydrogens is 330 g/mol. The van der Waals surface area contributed by atoms with Crippen LogP contribution in [0.5, 0.6) is 11.6 Å². The number of nitrogens with zero attached hydrogens (tertiary/aromatic N) is 2. The maximum Gasteiger partial charge on any atom is 0.338 e. The third-order valence-corrected chi connectivity index (χ3v) is 2.96. The molecule has 1 aromatic carbocycles. The Morgan fingerprint density at radius 1 is 1.24 bits per heavy atom. The molecule has 0 aliphatic heterocycles. The monoisotopic (exact) mass is 345 g/mol. The Morgan fingerprint density at radius 3 is 2.40 bits per heavy atom. The molecule has 2 rings (SSSR count). The fraction of sp³-hybridized carbons (Fsp3) is 0.188. The summed E-state index contributed by atoms with van der Waals surface area (Å²) in [5, 5.41) is 10.8. The van der Waals surface area contributed by atoms with Crippen LogP contribution in [-0.2, 0) is 4.74 Å². The Kier molecular flexibility index (Phi) is 5.28. The van der Waals surface area contributed by atoms with Crippen molar-refractivity contribution >= 4 is 17.6 Å². The number of hydrogen-bond donors (Lipinski definition) is 1. The molecule has 9 nitrogen and oxygen atoms in total. The highest BCUT2D eigenvalue weighted by Gasteiger charge is 2.18. The Hall–Kier alpha value is -3.49. The lowest BCUT2D eigenvalue weighted by Gasteiger charge is -2.10. The Labute approximate surface area is 142 Å². The van der Waals surface area contributed by atoms with E-state index in [4.69, 9.17) is 15.2 Å². The highest BCUT2D eigenvalue weighted by molar-refractivity contribution is 5.95. The number of nitrogens with two attached hydrogens (primary N) is 1. The van der Waals surface area contributed by atoms with E-state index in [2.05, 4.69) is 4.98 Å². The molecule has 1 amide bonds. The number of hydrogen-bond acceptors (Lipinski definition) is 7. The molecule has 0 spiro atoms. The number of ether oxygens (including phenoxy) is 2. The normalized spacial score (nSPS) is 10.4. The van der Waals surface area contributed by atoms with Crippen LogP contribution >= 0.6 is 0 Å². The molecule has 0 fully saturated rings. The summed E-state index contributed by atoms with van der Waals surface area (Å²) in [6.45, 7) is 3.47. The van der Waals surface area contributed by atoms with Crippen LogP contribution in [0.25, 0.3) is 0 Å². The number of rotatable bonds is 6. The second-order valence-corrected chi connectivity index (χ2v) is 5.25. The maximum absolute atomic E-state index is 11.8. The lowest BCUT2D eigenvalue weighted by atomic mass is 10.2. The third-order valence-electron chi connectivity index (χ3n) is 2.96. The zero-order chi connectivity index (χ0) is 18.6. The minimum Gasteiger partial charge on any atom is -0.459 e. The van der Waals surface area contributed by atoms with Gasteiger partial charge in [-0.2, -0.15) is 0 Å². The van der Waals surface area contributed by atoms with Crippen molar-refractivity contribution < 1.29 is 24.0 Å². The predicted octanol–water partition coefficient (Wildman–Crippen LogP) is 2.45. The van der Waals surface area contributed by atoms with Gasteiger partial charge in [0.25, 0.3) is 11.6 Å². The van der Waals surface area contributed by atoms with Crippen LogP contribution in [-0.4, -0.2) is 27.9 Å². The number of carbonyl (C=O) groups excluding carboxylic acids is 2. The Morgan fingerprint density at radius 2 is 1.88 bits per heavy atom. The van der Waals surface area contributed by atoms with Crippen LogP contribution < -0.4 is 10.5 Å². The molecular formula is C16H15N3O6. The van der Waals surface area contributed by atoms with Crippen molar-refractivity contribution in [2.75, 3.05) is 0 Å². The number of primary amides is 1. The van der Waals surface area contributed by atoms with Gasteiger partial charge in [0, 0.05) is 6.07 Å². The van der Waals surface area contributed by atoms with Crippen LogP contribution in [0.3, 0.4) is 0 Å². The number of aromatic nitrogens is 1. The number of benzene rings is 1. The van der Waals surface area contributed by atoms with Crippen molar-refractivity contribution in [3.63, 3.8) is 0 Å². The van der Waals surface area contributed by atoms with Crippen molar-refractivity contribution in [2.45, 2.75) is 20.0 Å². The quantitative estimate of drug-likeness (QED) is 0.482. The average Bonchev–Trinajstić information content (AvgIpc) is 2.54. The Bertz CT molecular complexity index is 817. The molecule has 0 saturated heterocycles. The van der Waals surface area contributed by atoms with Crippen LogP contribution in [0.15, 0.2) is 36.5 Å². The molecule has 1 heterocycles. The number of carbonyl (C=O) groups is 2. The molecule has 0 unspecified atom stereocenters. The molecule has 0 atom stereocenters. The van der Waals surface area contributed by atoms with E-state index in [0.717, 1.165) is 12.3 Å². The fourth-order valence-electron chi connectivity index (χ4n) is 1.85. The first-order valence-electron chi connectivity index (χ1n) is 7.21. The molecule has 0 radical (unpaired) electrons. The van der Waals surface area contributed by atoms with Gasteiger partial charge in [-0.05, 0) is 38.1 Å². The van der Waals surface area contributed by atoms with Gasteiger partial charge in [-0.15, -0.1) is 0 Å². The first kappa shape index (κ1) is 17.9. The zero-order valence-corrected chi connectivity index (χ0v) is 13.5. The van der Waals surface area contributed by atoms with Crippen molar-refractivity contribution in [3.05, 3.63) is 57.8 Å². The average molecular weight is 345 g/mol. The predicted molar refractivity (Wildman–Crippen MR) is 86.5 cm³/mol. The third kappa shape index (κ3) is 4.50. The van der Waals surface area contributed by atoms with Gasteiger partial charge in [0.1, 0.15) is 17.5 Å². The minimum atomic E-state index is -0.914. The van der Waals surface area contributed by atoms with E-state index >= 15 is 0 Å². The van der Waals surface area contributed by atoms with Crippen LogP contribution in [0.1, 0.15) is 34.6 Å². The number of amides is 1. The molecule has 0 saturated carbocycles. The highest BCUT2D eigenvalue weighted by Crippen LogP contribution is 2.26. The molecule has 0 aliphatic carbocycles. The largest absolute Gasteiger partial charge is 0.459 e. The summed E-state index contributed by atoms with van der Waals surface area (Å²) >= 11 is 0. The highest BCUT2D eigenvalue weighted by atomic mass is 16.6. The summed E-state index contributed by atoms with van der Waals surface area (Å²) in [5.74, 6) is -1.29. The fourth-order valence-corrected chi connectivity index (χ4v) is 1.85. The summed E-state index contributed by atoms with van der Waals surface area (Å²) in [6, 6.07) is 6.90. The zero-order valence-electron chi connectivity index (χ0n) is 13.5. The van der Waals surface area contributed by atoms with Gasteiger partial charge < -0.3 is 15.2 Å². The molecule has 2 N–H and O–H groups in total. The van der Waals surface area contributed by atoms with Crippen LogP contribution in [0.4, 0.5) is 5.69 Å². The summed E-state index contributed by atoms with van der Waals surface area (Å²) < 4.78 is 10.5. The summed E-state index contributed by atoms with van der Waals surface area (Å²) in [4.78, 5) is 37.0. The van der Waals surface area contributed by atoms with E-state index in [-0.39, 0.29) is 29.0 Å². The van der Waals surface area contributed by atoms with Crippen LogP contribution in [0.2, 0.25) is 0 Å². The van der Waals surface area contributed by atoms with Gasteiger partial charge in [0.2, 0.25) is 5.88 Å². The second-order valence-electron chi connectivity index (χ2n) is 5.25. The van der Waals surface area contributed by atoms with Crippen molar-refractivity contribution in [3.8, 4) is 11.6 Å². The molecule has 130 valence electrons. The summed E-state index contributed by atoms with van der Waals surface area (Å²) in [5.41, 5.74) is 4.93. The summed E-state index contributed by atoms with van der Waals surface area (Å²) in [6.07, 6.45) is 0.710. The Balaban J connectivity index is 2.23. The van der Waals surface area contributed by atoms with Crippen LogP contribution in [0, 0.1) is 10.1 Å². The molecule has 0 aliphatic rings. The van der Waals surface area contributed by atoms with E-state index in [1.165, 1.54) is 24.3 Å². The maximum atomic E-state index is 11.8. The first-order chi connectivity index (χ1) is 11.8. The molecule has 9 heteroatoms. The van der Waals surface area contributed by atoms with Gasteiger partial charge >= 0.3 is 5.97 Å². The SMILES string of the molecule is CC(C)OC(=O)c1ccc(Oc2ncc([N+](=O)[O-])cc2C(N)=O)cc1. The molecule has 25 heavy (non-hydrogen) atoms. The van der Waals surface area contributed by atoms with E-state index < -0.39 is 16.8 Å². The molecule has 0 bridgehead atoms. The van der Waals surface area contributed by atoms with E-state index in [1.807, 2.05) is 0 Å². The van der Waals surface area contributed by atoms with Crippen molar-refractivity contribution in [1.82, 2.24) is 4.98 Å². The number of pyridine rings is 1. The van der Waals surface area contributed by atoms with E-state index in [1.54, 1.807) is 13.8 Å². The smallest absolute Gasteiger partial charge is 0.338 e. The van der Waals surface area contributed by atoms with Gasteiger partial charge in [0.05, 0.1) is 16.6 Å². The van der Waals surface area contributed by atoms with Gasteiger partial charge in [-0.25, -0.2) is 9.78 Å². The minimum absolute atomic E-state index is 0.171. The molecule has 1 aromatic heterocycles.